The van der Waals surface area contributed by atoms with Crippen LogP contribution in [0.3, 0.4) is 0 Å². The third kappa shape index (κ3) is 2.25. The van der Waals surface area contributed by atoms with Gasteiger partial charge in [0.05, 0.1) is 18.4 Å². The molecule has 0 bridgehead atoms. The highest BCUT2D eigenvalue weighted by Gasteiger charge is 2.15. The Hall–Kier alpha value is -3.33. The maximum Gasteiger partial charge on any atom is 0.155 e. The first-order valence-electron chi connectivity index (χ1n) is 6.59. The van der Waals surface area contributed by atoms with Gasteiger partial charge in [-0.25, -0.2) is 0 Å². The molecule has 0 saturated carbocycles. The van der Waals surface area contributed by atoms with Crippen LogP contribution in [0.2, 0.25) is 0 Å². The van der Waals surface area contributed by atoms with Crippen molar-refractivity contribution in [2.24, 2.45) is 0 Å². The minimum atomic E-state index is 0.382. The van der Waals surface area contributed by atoms with Gasteiger partial charge in [-0.2, -0.15) is 9.94 Å². The van der Waals surface area contributed by atoms with Crippen LogP contribution >= 0.6 is 0 Å². The Kier molecular flexibility index (Phi) is 3.46. The van der Waals surface area contributed by atoms with E-state index in [0.29, 0.717) is 22.8 Å². The quantitative estimate of drug-likeness (QED) is 0.800. The lowest BCUT2D eigenvalue weighted by Crippen LogP contribution is -2.04. The standard InChI is InChI=1S/C16H13N5O/c1-22-13-8-6-11(7-9-13)15-16(18)21(20-19-15)14-5-3-2-4-12(14)10-17/h2-9H,18H2,1H3. The molecule has 6 nitrogen and oxygen atoms in total. The molecule has 108 valence electrons. The molecule has 0 aliphatic heterocycles. The molecule has 2 aromatic carbocycles. The van der Waals surface area contributed by atoms with Crippen LogP contribution in [0.15, 0.2) is 48.5 Å². The molecule has 0 atom stereocenters. The van der Waals surface area contributed by atoms with Gasteiger partial charge in [0.2, 0.25) is 0 Å². The van der Waals surface area contributed by atoms with Crippen LogP contribution in [0.25, 0.3) is 16.9 Å². The number of nitriles is 1. The monoisotopic (exact) mass is 291 g/mol. The molecule has 0 saturated heterocycles. The predicted molar refractivity (Wildman–Crippen MR) is 82.5 cm³/mol. The maximum atomic E-state index is 9.19. The molecule has 0 amide bonds. The van der Waals surface area contributed by atoms with Crippen molar-refractivity contribution in [3.63, 3.8) is 0 Å². The van der Waals surface area contributed by atoms with E-state index in [4.69, 9.17) is 10.5 Å². The fraction of sp³-hybridized carbons (Fsp3) is 0.0625. The minimum Gasteiger partial charge on any atom is -0.497 e. The summed E-state index contributed by atoms with van der Waals surface area (Å²) in [5, 5.41) is 17.4. The number of nitrogen functional groups attached to an aromatic ring is 1. The van der Waals surface area contributed by atoms with Gasteiger partial charge in [0.25, 0.3) is 0 Å². The summed E-state index contributed by atoms with van der Waals surface area (Å²) < 4.78 is 6.60. The van der Waals surface area contributed by atoms with E-state index in [1.807, 2.05) is 30.3 Å². The van der Waals surface area contributed by atoms with Crippen molar-refractivity contribution in [2.75, 3.05) is 12.8 Å². The number of hydrogen-bond acceptors (Lipinski definition) is 5. The fourth-order valence-corrected chi connectivity index (χ4v) is 2.17. The third-order valence-corrected chi connectivity index (χ3v) is 3.32. The molecule has 1 heterocycles. The summed E-state index contributed by atoms with van der Waals surface area (Å²) >= 11 is 0. The molecule has 0 aliphatic rings. The number of ether oxygens (including phenoxy) is 1. The van der Waals surface area contributed by atoms with Gasteiger partial charge in [0.15, 0.2) is 5.82 Å². The lowest BCUT2D eigenvalue weighted by atomic mass is 10.1. The number of aromatic nitrogens is 3. The lowest BCUT2D eigenvalue weighted by Gasteiger charge is -2.05. The number of nitrogens with two attached hydrogens (primary N) is 1. The third-order valence-electron chi connectivity index (χ3n) is 3.32. The topological polar surface area (TPSA) is 89.8 Å². The smallest absolute Gasteiger partial charge is 0.155 e. The number of rotatable bonds is 3. The molecule has 2 N–H and O–H groups in total. The van der Waals surface area contributed by atoms with Crippen molar-refractivity contribution < 1.29 is 4.74 Å². The molecule has 3 rings (SSSR count). The Bertz CT molecular complexity index is 846. The number of nitrogens with zero attached hydrogens (tertiary/aromatic N) is 4. The van der Waals surface area contributed by atoms with E-state index in [2.05, 4.69) is 16.4 Å². The molecule has 0 unspecified atom stereocenters. The van der Waals surface area contributed by atoms with Crippen LogP contribution in [0.5, 0.6) is 5.75 Å². The number of anilines is 1. The lowest BCUT2D eigenvalue weighted by molar-refractivity contribution is 0.415. The van der Waals surface area contributed by atoms with Gasteiger partial charge in [0, 0.05) is 5.56 Å². The molecule has 3 aromatic rings. The highest BCUT2D eigenvalue weighted by atomic mass is 16.5. The van der Waals surface area contributed by atoms with Crippen LogP contribution in [0, 0.1) is 11.3 Å². The number of methoxy groups -OCH3 is 1. The number of hydrogen-bond donors (Lipinski definition) is 1. The highest BCUT2D eigenvalue weighted by Crippen LogP contribution is 2.27. The zero-order valence-corrected chi connectivity index (χ0v) is 11.9. The van der Waals surface area contributed by atoms with Crippen LogP contribution in [-0.4, -0.2) is 22.1 Å². The maximum absolute atomic E-state index is 9.19. The largest absolute Gasteiger partial charge is 0.497 e. The molecular formula is C16H13N5O. The van der Waals surface area contributed by atoms with E-state index < -0.39 is 0 Å². The molecule has 6 heteroatoms. The number of benzene rings is 2. The summed E-state index contributed by atoms with van der Waals surface area (Å²) in [6, 6.07) is 16.6. The van der Waals surface area contributed by atoms with Crippen molar-refractivity contribution in [1.82, 2.24) is 15.0 Å². The van der Waals surface area contributed by atoms with Crippen molar-refractivity contribution in [2.45, 2.75) is 0 Å². The molecular weight excluding hydrogens is 278 g/mol. The van der Waals surface area contributed by atoms with Crippen molar-refractivity contribution in [3.05, 3.63) is 54.1 Å². The van der Waals surface area contributed by atoms with E-state index in [1.54, 1.807) is 25.3 Å². The van der Waals surface area contributed by atoms with E-state index in [0.717, 1.165) is 11.3 Å². The molecule has 0 radical (unpaired) electrons. The van der Waals surface area contributed by atoms with Gasteiger partial charge in [0.1, 0.15) is 17.5 Å². The van der Waals surface area contributed by atoms with E-state index >= 15 is 0 Å². The average molecular weight is 291 g/mol. The Morgan fingerprint density at radius 3 is 2.55 bits per heavy atom. The first-order chi connectivity index (χ1) is 10.7. The highest BCUT2D eigenvalue weighted by molar-refractivity contribution is 5.72. The van der Waals surface area contributed by atoms with Crippen molar-refractivity contribution >= 4 is 5.82 Å². The summed E-state index contributed by atoms with van der Waals surface area (Å²) in [6.07, 6.45) is 0. The first-order valence-corrected chi connectivity index (χ1v) is 6.59. The first kappa shape index (κ1) is 13.6. The van der Waals surface area contributed by atoms with Crippen molar-refractivity contribution in [1.29, 1.82) is 5.26 Å². The second kappa shape index (κ2) is 5.58. The van der Waals surface area contributed by atoms with E-state index in [-0.39, 0.29) is 0 Å². The molecule has 0 aliphatic carbocycles. The zero-order valence-electron chi connectivity index (χ0n) is 11.9. The molecule has 0 spiro atoms. The second-order valence-electron chi connectivity index (χ2n) is 4.59. The Labute approximate surface area is 127 Å². The van der Waals surface area contributed by atoms with Gasteiger partial charge in [-0.15, -0.1) is 5.10 Å². The predicted octanol–water partition coefficient (Wildman–Crippen LogP) is 2.40. The second-order valence-corrected chi connectivity index (χ2v) is 4.59. The van der Waals surface area contributed by atoms with Crippen LogP contribution in [-0.2, 0) is 0 Å². The van der Waals surface area contributed by atoms with Crippen LogP contribution < -0.4 is 10.5 Å². The zero-order chi connectivity index (χ0) is 15.5. The van der Waals surface area contributed by atoms with E-state index in [1.165, 1.54) is 4.68 Å². The summed E-state index contributed by atoms with van der Waals surface area (Å²) in [4.78, 5) is 0. The summed E-state index contributed by atoms with van der Waals surface area (Å²) in [6.45, 7) is 0. The van der Waals surface area contributed by atoms with Gasteiger partial charge in [-0.1, -0.05) is 17.3 Å². The Morgan fingerprint density at radius 1 is 1.14 bits per heavy atom. The average Bonchev–Trinajstić information content (AvgIpc) is 2.96. The summed E-state index contributed by atoms with van der Waals surface area (Å²) in [7, 11) is 1.61. The molecule has 22 heavy (non-hydrogen) atoms. The van der Waals surface area contributed by atoms with E-state index in [9.17, 15) is 5.26 Å². The van der Waals surface area contributed by atoms with Crippen LogP contribution in [0.4, 0.5) is 5.82 Å². The van der Waals surface area contributed by atoms with Crippen LogP contribution in [0.1, 0.15) is 5.56 Å². The summed E-state index contributed by atoms with van der Waals surface area (Å²) in [5.74, 6) is 1.14. The Morgan fingerprint density at radius 2 is 1.86 bits per heavy atom. The van der Waals surface area contributed by atoms with Crippen molar-refractivity contribution in [3.8, 4) is 28.8 Å². The SMILES string of the molecule is COc1ccc(-c2nnn(-c3ccccc3C#N)c2N)cc1. The molecule has 0 fully saturated rings. The van der Waals surface area contributed by atoms with Gasteiger partial charge >= 0.3 is 0 Å². The normalized spacial score (nSPS) is 10.2. The fourth-order valence-electron chi connectivity index (χ4n) is 2.17. The number of para-hydroxylation sites is 1. The summed E-state index contributed by atoms with van der Waals surface area (Å²) in [5.41, 5.74) is 8.65. The van der Waals surface area contributed by atoms with Gasteiger partial charge < -0.3 is 10.5 Å². The van der Waals surface area contributed by atoms with Gasteiger partial charge in [-0.3, -0.25) is 0 Å². The molecule has 1 aromatic heterocycles. The Balaban J connectivity index is 2.07. The minimum absolute atomic E-state index is 0.382. The van der Waals surface area contributed by atoms with Gasteiger partial charge in [-0.05, 0) is 36.4 Å².